The Morgan fingerprint density at radius 2 is 1.93 bits per heavy atom. The number of carbonyl (C=O) groups is 2. The molecule has 7 heteroatoms. The molecule has 0 radical (unpaired) electrons. The number of methoxy groups -OCH3 is 1. The van der Waals surface area contributed by atoms with Crippen LogP contribution in [-0.2, 0) is 22.7 Å². The summed E-state index contributed by atoms with van der Waals surface area (Å²) in [6.45, 7) is 0.362. The first-order valence-corrected chi connectivity index (χ1v) is 9.88. The lowest BCUT2D eigenvalue weighted by molar-refractivity contribution is -0.124. The molecular formula is C22H19NO5S. The van der Waals surface area contributed by atoms with Gasteiger partial charge in [0, 0.05) is 28.1 Å². The number of fused-ring (bicyclic) bond motifs is 3. The molecule has 1 amide bonds. The smallest absolute Gasteiger partial charge is 0.348 e. The summed E-state index contributed by atoms with van der Waals surface area (Å²) in [5.74, 6) is 0.600. The molecule has 3 aromatic rings. The highest BCUT2D eigenvalue weighted by atomic mass is 32.1. The average Bonchev–Trinajstić information content (AvgIpc) is 3.21. The predicted octanol–water partition coefficient (Wildman–Crippen LogP) is 3.79. The molecule has 148 valence electrons. The van der Waals surface area contributed by atoms with Crippen LogP contribution in [0.5, 0.6) is 11.5 Å². The summed E-state index contributed by atoms with van der Waals surface area (Å²) in [6, 6.07) is 16.9. The molecule has 0 saturated carbocycles. The third-order valence-corrected chi connectivity index (χ3v) is 5.72. The van der Waals surface area contributed by atoms with Gasteiger partial charge in [-0.15, -0.1) is 11.3 Å². The van der Waals surface area contributed by atoms with Gasteiger partial charge in [0.15, 0.2) is 6.61 Å². The molecule has 29 heavy (non-hydrogen) atoms. The number of hydrogen-bond donors (Lipinski definition) is 1. The summed E-state index contributed by atoms with van der Waals surface area (Å²) in [5.41, 5.74) is 2.76. The first-order chi connectivity index (χ1) is 14.2. The van der Waals surface area contributed by atoms with E-state index in [9.17, 15) is 9.59 Å². The Balaban J connectivity index is 1.35. The Bertz CT molecular complexity index is 1060. The van der Waals surface area contributed by atoms with Crippen LogP contribution in [0.3, 0.4) is 0 Å². The molecule has 0 fully saturated rings. The van der Waals surface area contributed by atoms with Gasteiger partial charge in [-0.3, -0.25) is 4.79 Å². The molecule has 1 aliphatic rings. The van der Waals surface area contributed by atoms with Crippen molar-refractivity contribution in [3.63, 3.8) is 0 Å². The second kappa shape index (κ2) is 8.36. The molecule has 2 aromatic carbocycles. The fourth-order valence-corrected chi connectivity index (χ4v) is 4.19. The Labute approximate surface area is 172 Å². The molecule has 0 spiro atoms. The Hall–Kier alpha value is -3.32. The predicted molar refractivity (Wildman–Crippen MR) is 109 cm³/mol. The van der Waals surface area contributed by atoms with Gasteiger partial charge in [-0.1, -0.05) is 30.3 Å². The number of carbonyl (C=O) groups excluding carboxylic acids is 2. The molecule has 6 nitrogen and oxygen atoms in total. The summed E-state index contributed by atoms with van der Waals surface area (Å²) >= 11 is 1.35. The number of esters is 1. The van der Waals surface area contributed by atoms with Crippen LogP contribution < -0.4 is 14.8 Å². The Morgan fingerprint density at radius 3 is 2.79 bits per heavy atom. The zero-order chi connectivity index (χ0) is 20.2. The standard InChI is InChI=1S/C22H19NO5S/c1-26-17-8-4-2-6-14(17)11-23-20(24)13-28-22(25)19-10-15-12-27-18-9-5-3-7-16(18)21(15)29-19/h2-10H,11-13H2,1H3,(H,23,24). The van der Waals surface area contributed by atoms with Gasteiger partial charge in [0.1, 0.15) is 23.0 Å². The molecule has 0 saturated heterocycles. The quantitative estimate of drug-likeness (QED) is 0.627. The Morgan fingerprint density at radius 1 is 1.14 bits per heavy atom. The summed E-state index contributed by atoms with van der Waals surface area (Å²) < 4.78 is 16.2. The second-order valence-electron chi connectivity index (χ2n) is 6.41. The summed E-state index contributed by atoms with van der Waals surface area (Å²) in [7, 11) is 1.58. The lowest BCUT2D eigenvalue weighted by Crippen LogP contribution is -2.28. The highest BCUT2D eigenvalue weighted by molar-refractivity contribution is 7.17. The van der Waals surface area contributed by atoms with Crippen molar-refractivity contribution in [3.8, 4) is 21.9 Å². The van der Waals surface area contributed by atoms with E-state index in [1.165, 1.54) is 11.3 Å². The van der Waals surface area contributed by atoms with E-state index < -0.39 is 5.97 Å². The van der Waals surface area contributed by atoms with Crippen molar-refractivity contribution < 1.29 is 23.8 Å². The minimum atomic E-state index is -0.519. The maximum atomic E-state index is 12.4. The molecule has 0 bridgehead atoms. The van der Waals surface area contributed by atoms with Crippen molar-refractivity contribution in [1.29, 1.82) is 0 Å². The number of benzene rings is 2. The highest BCUT2D eigenvalue weighted by Crippen LogP contribution is 2.42. The van der Waals surface area contributed by atoms with Gasteiger partial charge in [0.2, 0.25) is 0 Å². The number of thiophene rings is 1. The monoisotopic (exact) mass is 409 g/mol. The normalized spacial score (nSPS) is 11.6. The third kappa shape index (κ3) is 4.09. The minimum Gasteiger partial charge on any atom is -0.496 e. The second-order valence-corrected chi connectivity index (χ2v) is 7.47. The van der Waals surface area contributed by atoms with Crippen LogP contribution in [0.1, 0.15) is 20.8 Å². The maximum absolute atomic E-state index is 12.4. The van der Waals surface area contributed by atoms with E-state index in [4.69, 9.17) is 14.2 Å². The van der Waals surface area contributed by atoms with Gasteiger partial charge in [-0.2, -0.15) is 0 Å². The summed E-state index contributed by atoms with van der Waals surface area (Å²) in [4.78, 5) is 25.9. The van der Waals surface area contributed by atoms with Gasteiger partial charge in [0.05, 0.1) is 7.11 Å². The number of ether oxygens (including phenoxy) is 3. The van der Waals surface area contributed by atoms with E-state index in [1.807, 2.05) is 48.5 Å². The molecule has 0 aliphatic carbocycles. The average molecular weight is 409 g/mol. The van der Waals surface area contributed by atoms with E-state index in [0.717, 1.165) is 27.3 Å². The fourth-order valence-electron chi connectivity index (χ4n) is 3.10. The molecule has 0 unspecified atom stereocenters. The molecule has 1 N–H and O–H groups in total. The van der Waals surface area contributed by atoms with E-state index in [2.05, 4.69) is 5.32 Å². The van der Waals surface area contributed by atoms with Crippen molar-refractivity contribution in [2.24, 2.45) is 0 Å². The number of amides is 1. The summed E-state index contributed by atoms with van der Waals surface area (Å²) in [6.07, 6.45) is 0. The number of para-hydroxylation sites is 2. The SMILES string of the molecule is COc1ccccc1CNC(=O)COC(=O)c1cc2c(s1)-c1ccccc1OC2. The molecular weight excluding hydrogens is 390 g/mol. The molecule has 4 rings (SSSR count). The van der Waals surface area contributed by atoms with E-state index in [-0.39, 0.29) is 12.5 Å². The first-order valence-electron chi connectivity index (χ1n) is 9.06. The molecule has 0 atom stereocenters. The van der Waals surface area contributed by atoms with E-state index in [1.54, 1.807) is 13.2 Å². The largest absolute Gasteiger partial charge is 0.496 e. The molecule has 1 aromatic heterocycles. The van der Waals surface area contributed by atoms with E-state index in [0.29, 0.717) is 23.8 Å². The first kappa shape index (κ1) is 19.0. The lowest BCUT2D eigenvalue weighted by atomic mass is 10.1. The molecule has 1 aliphatic heterocycles. The van der Waals surface area contributed by atoms with Crippen molar-refractivity contribution in [2.45, 2.75) is 13.2 Å². The minimum absolute atomic E-state index is 0.293. The Kier molecular flexibility index (Phi) is 5.48. The van der Waals surface area contributed by atoms with Crippen LogP contribution in [0.2, 0.25) is 0 Å². The summed E-state index contributed by atoms with van der Waals surface area (Å²) in [5, 5.41) is 2.73. The van der Waals surface area contributed by atoms with Crippen LogP contribution >= 0.6 is 11.3 Å². The van der Waals surface area contributed by atoms with Crippen LogP contribution in [-0.4, -0.2) is 25.6 Å². The maximum Gasteiger partial charge on any atom is 0.348 e. The lowest BCUT2D eigenvalue weighted by Gasteiger charge is -2.16. The van der Waals surface area contributed by atoms with Crippen molar-refractivity contribution in [3.05, 3.63) is 70.6 Å². The van der Waals surface area contributed by atoms with Gasteiger partial charge in [-0.25, -0.2) is 4.79 Å². The number of rotatable bonds is 6. The van der Waals surface area contributed by atoms with Crippen molar-refractivity contribution in [2.75, 3.05) is 13.7 Å². The number of hydrogen-bond acceptors (Lipinski definition) is 6. The van der Waals surface area contributed by atoms with Crippen LogP contribution in [0.25, 0.3) is 10.4 Å². The van der Waals surface area contributed by atoms with Gasteiger partial charge < -0.3 is 19.5 Å². The van der Waals surface area contributed by atoms with Crippen molar-refractivity contribution in [1.82, 2.24) is 5.32 Å². The highest BCUT2D eigenvalue weighted by Gasteiger charge is 2.23. The fraction of sp³-hybridized carbons (Fsp3) is 0.182. The zero-order valence-electron chi connectivity index (χ0n) is 15.8. The topological polar surface area (TPSA) is 73.9 Å². The van der Waals surface area contributed by atoms with Crippen LogP contribution in [0, 0.1) is 0 Å². The van der Waals surface area contributed by atoms with Crippen molar-refractivity contribution >= 4 is 23.2 Å². The van der Waals surface area contributed by atoms with Crippen LogP contribution in [0.15, 0.2) is 54.6 Å². The zero-order valence-corrected chi connectivity index (χ0v) is 16.6. The molecule has 2 heterocycles. The van der Waals surface area contributed by atoms with Gasteiger partial charge in [0.25, 0.3) is 5.91 Å². The third-order valence-electron chi connectivity index (χ3n) is 4.53. The van der Waals surface area contributed by atoms with E-state index >= 15 is 0 Å². The van der Waals surface area contributed by atoms with Gasteiger partial charge >= 0.3 is 5.97 Å². The van der Waals surface area contributed by atoms with Gasteiger partial charge in [-0.05, 0) is 24.3 Å². The number of nitrogens with one attached hydrogen (secondary N) is 1. The van der Waals surface area contributed by atoms with Crippen LogP contribution in [0.4, 0.5) is 0 Å².